The molecule has 7 heteroatoms. The summed E-state index contributed by atoms with van der Waals surface area (Å²) < 4.78 is 25.7. The molecule has 5 nitrogen and oxygen atoms in total. The average molecular weight is 381 g/mol. The second-order valence-corrected chi connectivity index (χ2v) is 8.30. The third-order valence-corrected chi connectivity index (χ3v) is 5.44. The van der Waals surface area contributed by atoms with Gasteiger partial charge in [0, 0.05) is 10.7 Å². The van der Waals surface area contributed by atoms with Crippen LogP contribution < -0.4 is 9.62 Å². The highest BCUT2D eigenvalue weighted by atomic mass is 35.5. The van der Waals surface area contributed by atoms with Crippen LogP contribution in [0.15, 0.2) is 42.5 Å². The van der Waals surface area contributed by atoms with Crippen molar-refractivity contribution in [3.05, 3.63) is 58.6 Å². The zero-order valence-electron chi connectivity index (χ0n) is 14.6. The van der Waals surface area contributed by atoms with E-state index in [9.17, 15) is 13.2 Å². The Bertz CT molecular complexity index is 880. The lowest BCUT2D eigenvalue weighted by molar-refractivity contribution is -0.116. The lowest BCUT2D eigenvalue weighted by Gasteiger charge is -2.28. The molecule has 0 aliphatic heterocycles. The van der Waals surface area contributed by atoms with E-state index in [2.05, 4.69) is 5.32 Å². The first-order valence-electron chi connectivity index (χ1n) is 7.72. The Morgan fingerprint density at radius 2 is 1.68 bits per heavy atom. The van der Waals surface area contributed by atoms with Crippen LogP contribution in [0.4, 0.5) is 11.4 Å². The van der Waals surface area contributed by atoms with Gasteiger partial charge in [0.1, 0.15) is 6.04 Å². The van der Waals surface area contributed by atoms with Gasteiger partial charge in [-0.2, -0.15) is 0 Å². The number of amides is 1. The predicted octanol–water partition coefficient (Wildman–Crippen LogP) is 3.75. The second kappa shape index (κ2) is 7.45. The fourth-order valence-electron chi connectivity index (χ4n) is 2.45. The van der Waals surface area contributed by atoms with Gasteiger partial charge in [0.15, 0.2) is 0 Å². The van der Waals surface area contributed by atoms with Crippen LogP contribution in [0.2, 0.25) is 5.02 Å². The molecule has 0 spiro atoms. The van der Waals surface area contributed by atoms with Gasteiger partial charge in [0.25, 0.3) is 0 Å². The molecule has 0 bridgehead atoms. The van der Waals surface area contributed by atoms with Crippen molar-refractivity contribution in [2.24, 2.45) is 0 Å². The summed E-state index contributed by atoms with van der Waals surface area (Å²) in [6.07, 6.45) is 1.09. The van der Waals surface area contributed by atoms with Gasteiger partial charge < -0.3 is 5.32 Å². The standard InChI is InChI=1S/C18H21ClN2O3S/c1-12-5-10-17(11-13(12)2)21(25(4,23)24)14(3)18(22)20-16-8-6-15(19)7-9-16/h5-11,14H,1-4H3,(H,20,22). The number of sulfonamides is 1. The molecule has 0 saturated carbocycles. The van der Waals surface area contributed by atoms with Gasteiger partial charge in [-0.3, -0.25) is 9.10 Å². The van der Waals surface area contributed by atoms with Gasteiger partial charge in [0.05, 0.1) is 11.9 Å². The minimum absolute atomic E-state index is 0.425. The largest absolute Gasteiger partial charge is 0.324 e. The van der Waals surface area contributed by atoms with Crippen molar-refractivity contribution in [2.45, 2.75) is 26.8 Å². The third-order valence-electron chi connectivity index (χ3n) is 3.95. The van der Waals surface area contributed by atoms with Crippen molar-refractivity contribution in [2.75, 3.05) is 15.9 Å². The minimum Gasteiger partial charge on any atom is -0.324 e. The normalized spacial score (nSPS) is 12.5. The van der Waals surface area contributed by atoms with Crippen LogP contribution in [0.5, 0.6) is 0 Å². The van der Waals surface area contributed by atoms with Crippen molar-refractivity contribution in [3.8, 4) is 0 Å². The topological polar surface area (TPSA) is 66.5 Å². The van der Waals surface area contributed by atoms with Gasteiger partial charge in [-0.25, -0.2) is 8.42 Å². The predicted molar refractivity (Wildman–Crippen MR) is 103 cm³/mol. The minimum atomic E-state index is -3.64. The number of halogens is 1. The number of hydrogen-bond donors (Lipinski definition) is 1. The molecular weight excluding hydrogens is 360 g/mol. The van der Waals surface area contributed by atoms with E-state index in [1.807, 2.05) is 19.9 Å². The summed E-state index contributed by atoms with van der Waals surface area (Å²) in [5.41, 5.74) is 3.02. The molecular formula is C18H21ClN2O3S. The van der Waals surface area contributed by atoms with Crippen molar-refractivity contribution in [1.82, 2.24) is 0 Å². The van der Waals surface area contributed by atoms with E-state index in [1.54, 1.807) is 43.3 Å². The molecule has 134 valence electrons. The van der Waals surface area contributed by atoms with Crippen LogP contribution >= 0.6 is 11.6 Å². The number of nitrogens with one attached hydrogen (secondary N) is 1. The van der Waals surface area contributed by atoms with E-state index in [-0.39, 0.29) is 0 Å². The Kier molecular flexibility index (Phi) is 5.75. The molecule has 25 heavy (non-hydrogen) atoms. The summed E-state index contributed by atoms with van der Waals surface area (Å²) in [6.45, 7) is 5.40. The molecule has 2 rings (SSSR count). The molecule has 0 heterocycles. The van der Waals surface area contributed by atoms with E-state index < -0.39 is 22.0 Å². The molecule has 0 aliphatic carbocycles. The Labute approximate surface area is 153 Å². The number of hydrogen-bond acceptors (Lipinski definition) is 3. The Morgan fingerprint density at radius 1 is 1.08 bits per heavy atom. The highest BCUT2D eigenvalue weighted by Gasteiger charge is 2.29. The molecule has 0 aliphatic rings. The van der Waals surface area contributed by atoms with Crippen LogP contribution in [0, 0.1) is 13.8 Å². The maximum Gasteiger partial charge on any atom is 0.247 e. The first kappa shape index (κ1) is 19.3. The Hall–Kier alpha value is -2.05. The van der Waals surface area contributed by atoms with Gasteiger partial charge >= 0.3 is 0 Å². The third kappa shape index (κ3) is 4.74. The fraction of sp³-hybridized carbons (Fsp3) is 0.278. The smallest absolute Gasteiger partial charge is 0.247 e. The van der Waals surface area contributed by atoms with Crippen LogP contribution in [0.3, 0.4) is 0 Å². The van der Waals surface area contributed by atoms with E-state index in [0.717, 1.165) is 21.7 Å². The number of aryl methyl sites for hydroxylation is 2. The second-order valence-electron chi connectivity index (χ2n) is 6.00. The average Bonchev–Trinajstić information content (AvgIpc) is 2.51. The summed E-state index contributed by atoms with van der Waals surface area (Å²) >= 11 is 5.83. The SMILES string of the molecule is Cc1ccc(N(C(C)C(=O)Nc2ccc(Cl)cc2)S(C)(=O)=O)cc1C. The number of carbonyl (C=O) groups is 1. The molecule has 1 N–H and O–H groups in total. The van der Waals surface area contributed by atoms with Crippen LogP contribution in [-0.4, -0.2) is 26.6 Å². The molecule has 0 saturated heterocycles. The van der Waals surface area contributed by atoms with Crippen molar-refractivity contribution < 1.29 is 13.2 Å². The van der Waals surface area contributed by atoms with E-state index in [4.69, 9.17) is 11.6 Å². The molecule has 2 aromatic rings. The highest BCUT2D eigenvalue weighted by molar-refractivity contribution is 7.92. The van der Waals surface area contributed by atoms with Crippen molar-refractivity contribution in [1.29, 1.82) is 0 Å². The summed E-state index contributed by atoms with van der Waals surface area (Å²) in [6, 6.07) is 11.0. The van der Waals surface area contributed by atoms with Crippen LogP contribution in [0.25, 0.3) is 0 Å². The summed E-state index contributed by atoms with van der Waals surface area (Å²) in [5.74, 6) is -0.425. The lowest BCUT2D eigenvalue weighted by atomic mass is 10.1. The maximum absolute atomic E-state index is 12.6. The van der Waals surface area contributed by atoms with Crippen LogP contribution in [0.1, 0.15) is 18.1 Å². The molecule has 1 unspecified atom stereocenters. The number of carbonyl (C=O) groups excluding carboxylic acids is 1. The first-order chi connectivity index (χ1) is 11.6. The molecule has 2 aromatic carbocycles. The number of rotatable bonds is 5. The van der Waals surface area contributed by atoms with Crippen molar-refractivity contribution >= 4 is 38.9 Å². The fourth-order valence-corrected chi connectivity index (χ4v) is 3.74. The Morgan fingerprint density at radius 3 is 2.20 bits per heavy atom. The van der Waals surface area contributed by atoms with Crippen molar-refractivity contribution in [3.63, 3.8) is 0 Å². The summed E-state index contributed by atoms with van der Waals surface area (Å²) in [5, 5.41) is 3.27. The van der Waals surface area contributed by atoms with Gasteiger partial charge in [-0.1, -0.05) is 17.7 Å². The van der Waals surface area contributed by atoms with Crippen LogP contribution in [-0.2, 0) is 14.8 Å². The Balaban J connectivity index is 2.32. The first-order valence-corrected chi connectivity index (χ1v) is 9.95. The number of benzene rings is 2. The molecule has 0 aromatic heterocycles. The molecule has 0 radical (unpaired) electrons. The summed E-state index contributed by atoms with van der Waals surface area (Å²) in [4.78, 5) is 12.6. The highest BCUT2D eigenvalue weighted by Crippen LogP contribution is 2.24. The van der Waals surface area contributed by atoms with Gasteiger partial charge in [0.2, 0.25) is 15.9 Å². The maximum atomic E-state index is 12.6. The molecule has 1 atom stereocenters. The monoisotopic (exact) mass is 380 g/mol. The van der Waals surface area contributed by atoms with Gasteiger partial charge in [-0.15, -0.1) is 0 Å². The van der Waals surface area contributed by atoms with Gasteiger partial charge in [-0.05, 0) is 68.3 Å². The van der Waals surface area contributed by atoms with E-state index >= 15 is 0 Å². The molecule has 1 amide bonds. The zero-order chi connectivity index (χ0) is 18.8. The quantitative estimate of drug-likeness (QED) is 0.858. The number of anilines is 2. The van der Waals surface area contributed by atoms with E-state index in [1.165, 1.54) is 0 Å². The molecule has 0 fully saturated rings. The zero-order valence-corrected chi connectivity index (χ0v) is 16.1. The lowest BCUT2D eigenvalue weighted by Crippen LogP contribution is -2.45. The summed E-state index contributed by atoms with van der Waals surface area (Å²) in [7, 11) is -3.64. The van der Waals surface area contributed by atoms with E-state index in [0.29, 0.717) is 16.4 Å². The number of nitrogens with zero attached hydrogens (tertiary/aromatic N) is 1.